The molecule has 0 N–H and O–H groups in total. The normalized spacial score (nSPS) is 21.8. The van der Waals surface area contributed by atoms with Gasteiger partial charge in [-0.3, -0.25) is 0 Å². The van der Waals surface area contributed by atoms with Gasteiger partial charge < -0.3 is 9.47 Å². The van der Waals surface area contributed by atoms with Gasteiger partial charge in [-0.25, -0.2) is 0 Å². The summed E-state index contributed by atoms with van der Waals surface area (Å²) in [6.07, 6.45) is 5.18. The van der Waals surface area contributed by atoms with Gasteiger partial charge in [0.1, 0.15) is 0 Å². The third kappa shape index (κ3) is 1.87. The van der Waals surface area contributed by atoms with Crippen LogP contribution in [0.2, 0.25) is 0 Å². The Hall–Kier alpha value is -1.95. The highest BCUT2D eigenvalue weighted by Crippen LogP contribution is 2.37. The van der Waals surface area contributed by atoms with Crippen LogP contribution in [-0.4, -0.2) is 6.79 Å². The topological polar surface area (TPSA) is 42.2 Å². The third-order valence-corrected chi connectivity index (χ3v) is 3.27. The zero-order chi connectivity index (χ0) is 11.7. The van der Waals surface area contributed by atoms with Gasteiger partial charge in [0.25, 0.3) is 0 Å². The minimum atomic E-state index is 0.0594. The van der Waals surface area contributed by atoms with Crippen LogP contribution >= 0.6 is 0 Å². The SMILES string of the molecule is N#CC1C=C(c2ccc3c(c2)OCO3)CCC1. The summed E-state index contributed by atoms with van der Waals surface area (Å²) in [6, 6.07) is 8.31. The zero-order valence-electron chi connectivity index (χ0n) is 9.48. The van der Waals surface area contributed by atoms with Crippen LogP contribution in [0.3, 0.4) is 0 Å². The molecule has 1 aliphatic carbocycles. The van der Waals surface area contributed by atoms with Crippen molar-refractivity contribution >= 4 is 5.57 Å². The first-order valence-corrected chi connectivity index (χ1v) is 5.87. The van der Waals surface area contributed by atoms with E-state index in [1.54, 1.807) is 0 Å². The molecule has 3 nitrogen and oxygen atoms in total. The summed E-state index contributed by atoms with van der Waals surface area (Å²) < 4.78 is 10.7. The quantitative estimate of drug-likeness (QED) is 0.740. The van der Waals surface area contributed by atoms with Gasteiger partial charge in [-0.1, -0.05) is 12.1 Å². The molecule has 3 rings (SSSR count). The fraction of sp³-hybridized carbons (Fsp3) is 0.357. The monoisotopic (exact) mass is 227 g/mol. The summed E-state index contributed by atoms with van der Waals surface area (Å²) in [4.78, 5) is 0. The van der Waals surface area contributed by atoms with Crippen LogP contribution in [0, 0.1) is 17.2 Å². The summed E-state index contributed by atoms with van der Waals surface area (Å²) in [5.41, 5.74) is 2.40. The lowest BCUT2D eigenvalue weighted by Gasteiger charge is -2.16. The average Bonchev–Trinajstić information content (AvgIpc) is 2.86. The number of ether oxygens (including phenoxy) is 2. The number of hydrogen-bond donors (Lipinski definition) is 0. The van der Waals surface area contributed by atoms with Crippen molar-refractivity contribution in [2.75, 3.05) is 6.79 Å². The molecule has 0 saturated heterocycles. The molecule has 17 heavy (non-hydrogen) atoms. The number of nitriles is 1. The smallest absolute Gasteiger partial charge is 0.231 e. The predicted octanol–water partition coefficient (Wildman–Crippen LogP) is 3.12. The highest BCUT2D eigenvalue weighted by Gasteiger charge is 2.17. The number of hydrogen-bond acceptors (Lipinski definition) is 3. The molecule has 0 radical (unpaired) electrons. The van der Waals surface area contributed by atoms with Crippen LogP contribution in [-0.2, 0) is 0 Å². The maximum atomic E-state index is 8.97. The van der Waals surface area contributed by atoms with Gasteiger partial charge in [0.05, 0.1) is 12.0 Å². The fourth-order valence-electron chi connectivity index (χ4n) is 2.36. The van der Waals surface area contributed by atoms with Crippen molar-refractivity contribution in [2.45, 2.75) is 19.3 Å². The third-order valence-electron chi connectivity index (χ3n) is 3.27. The van der Waals surface area contributed by atoms with E-state index in [0.717, 1.165) is 36.3 Å². The standard InChI is InChI=1S/C14H13NO2/c15-8-10-2-1-3-11(6-10)12-4-5-13-14(7-12)17-9-16-13/h4-7,10H,1-3,9H2. The second kappa shape index (κ2) is 4.14. The molecule has 0 saturated carbocycles. The second-order valence-corrected chi connectivity index (χ2v) is 4.39. The number of rotatable bonds is 1. The molecule has 86 valence electrons. The molecule has 1 heterocycles. The van der Waals surface area contributed by atoms with E-state index in [1.165, 1.54) is 5.57 Å². The van der Waals surface area contributed by atoms with Crippen molar-refractivity contribution in [1.82, 2.24) is 0 Å². The minimum Gasteiger partial charge on any atom is -0.454 e. The van der Waals surface area contributed by atoms with Crippen LogP contribution in [0.4, 0.5) is 0 Å². The maximum Gasteiger partial charge on any atom is 0.231 e. The van der Waals surface area contributed by atoms with E-state index >= 15 is 0 Å². The minimum absolute atomic E-state index is 0.0594. The lowest BCUT2D eigenvalue weighted by molar-refractivity contribution is 0.174. The molecule has 0 spiro atoms. The van der Waals surface area contributed by atoms with Crippen LogP contribution in [0.1, 0.15) is 24.8 Å². The Bertz CT molecular complexity index is 513. The number of allylic oxidation sites excluding steroid dienone is 2. The molecule has 1 unspecified atom stereocenters. The molecule has 1 aromatic rings. The van der Waals surface area contributed by atoms with E-state index in [9.17, 15) is 0 Å². The molecule has 2 aliphatic rings. The maximum absolute atomic E-state index is 8.97. The molecule has 1 atom stereocenters. The summed E-state index contributed by atoms with van der Waals surface area (Å²) in [5, 5.41) is 8.97. The molecule has 0 amide bonds. The van der Waals surface area contributed by atoms with Gasteiger partial charge in [0.15, 0.2) is 11.5 Å². The summed E-state index contributed by atoms with van der Waals surface area (Å²) in [5.74, 6) is 1.67. The molecule has 0 aromatic heterocycles. The molecule has 1 aliphatic heterocycles. The van der Waals surface area contributed by atoms with Gasteiger partial charge in [-0.2, -0.15) is 5.26 Å². The van der Waals surface area contributed by atoms with E-state index in [1.807, 2.05) is 18.2 Å². The van der Waals surface area contributed by atoms with Crippen molar-refractivity contribution in [1.29, 1.82) is 5.26 Å². The summed E-state index contributed by atoms with van der Waals surface area (Å²) >= 11 is 0. The molecule has 3 heteroatoms. The Morgan fingerprint density at radius 2 is 2.12 bits per heavy atom. The van der Waals surface area contributed by atoms with Gasteiger partial charge in [0, 0.05) is 0 Å². The Balaban J connectivity index is 1.94. The Kier molecular flexibility index (Phi) is 2.49. The van der Waals surface area contributed by atoms with E-state index in [4.69, 9.17) is 14.7 Å². The first-order valence-electron chi connectivity index (χ1n) is 5.87. The van der Waals surface area contributed by atoms with Crippen LogP contribution in [0.25, 0.3) is 5.57 Å². The number of benzene rings is 1. The predicted molar refractivity (Wildman–Crippen MR) is 63.5 cm³/mol. The van der Waals surface area contributed by atoms with Crippen molar-refractivity contribution in [3.05, 3.63) is 29.8 Å². The van der Waals surface area contributed by atoms with Crippen molar-refractivity contribution in [3.63, 3.8) is 0 Å². The number of nitrogens with zero attached hydrogens (tertiary/aromatic N) is 1. The van der Waals surface area contributed by atoms with Gasteiger partial charge in [-0.05, 0) is 42.5 Å². The van der Waals surface area contributed by atoms with Gasteiger partial charge >= 0.3 is 0 Å². The first-order chi connectivity index (χ1) is 8.36. The van der Waals surface area contributed by atoms with E-state index in [2.05, 4.69) is 12.1 Å². The fourth-order valence-corrected chi connectivity index (χ4v) is 2.36. The van der Waals surface area contributed by atoms with Gasteiger partial charge in [0.2, 0.25) is 6.79 Å². The second-order valence-electron chi connectivity index (χ2n) is 4.39. The largest absolute Gasteiger partial charge is 0.454 e. The zero-order valence-corrected chi connectivity index (χ0v) is 9.48. The van der Waals surface area contributed by atoms with Gasteiger partial charge in [-0.15, -0.1) is 0 Å². The highest BCUT2D eigenvalue weighted by molar-refractivity contribution is 5.69. The molecule has 1 aromatic carbocycles. The number of fused-ring (bicyclic) bond motifs is 1. The highest BCUT2D eigenvalue weighted by atomic mass is 16.7. The lowest BCUT2D eigenvalue weighted by Crippen LogP contribution is -2.01. The van der Waals surface area contributed by atoms with E-state index in [-0.39, 0.29) is 5.92 Å². The Morgan fingerprint density at radius 3 is 3.00 bits per heavy atom. The van der Waals surface area contributed by atoms with Crippen molar-refractivity contribution in [3.8, 4) is 17.6 Å². The summed E-state index contributed by atoms with van der Waals surface area (Å²) in [7, 11) is 0. The van der Waals surface area contributed by atoms with Crippen LogP contribution < -0.4 is 9.47 Å². The first kappa shape index (κ1) is 10.2. The van der Waals surface area contributed by atoms with Crippen molar-refractivity contribution < 1.29 is 9.47 Å². The molecular weight excluding hydrogens is 214 g/mol. The molecular formula is C14H13NO2. The van der Waals surface area contributed by atoms with Crippen molar-refractivity contribution in [2.24, 2.45) is 5.92 Å². The molecule has 0 bridgehead atoms. The Morgan fingerprint density at radius 1 is 1.24 bits per heavy atom. The van der Waals surface area contributed by atoms with Crippen LogP contribution in [0.5, 0.6) is 11.5 Å². The lowest BCUT2D eigenvalue weighted by atomic mass is 9.88. The van der Waals surface area contributed by atoms with E-state index in [0.29, 0.717) is 6.79 Å². The molecule has 0 fully saturated rings. The van der Waals surface area contributed by atoms with Crippen LogP contribution in [0.15, 0.2) is 24.3 Å². The summed E-state index contributed by atoms with van der Waals surface area (Å²) in [6.45, 7) is 0.304. The Labute approximate surface area is 100 Å². The van der Waals surface area contributed by atoms with E-state index < -0.39 is 0 Å². The average molecular weight is 227 g/mol.